The molecule has 0 spiro atoms. The Bertz CT molecular complexity index is 830. The van der Waals surface area contributed by atoms with E-state index in [2.05, 4.69) is 31.5 Å². The van der Waals surface area contributed by atoms with Crippen molar-refractivity contribution in [3.8, 4) is 0 Å². The maximum absolute atomic E-state index is 12.3. The molecule has 0 aliphatic carbocycles. The number of benzene rings is 1. The summed E-state index contributed by atoms with van der Waals surface area (Å²) in [5.74, 6) is 0.154. The van der Waals surface area contributed by atoms with Gasteiger partial charge >= 0.3 is 0 Å². The Hall–Kier alpha value is -2.58. The number of amides is 2. The molecule has 0 radical (unpaired) electrons. The van der Waals surface area contributed by atoms with Crippen LogP contribution in [0.1, 0.15) is 12.2 Å². The molecule has 0 unspecified atom stereocenters. The van der Waals surface area contributed by atoms with Crippen LogP contribution in [0.2, 0.25) is 0 Å². The molecular weight excluding hydrogens is 426 g/mol. The van der Waals surface area contributed by atoms with E-state index >= 15 is 0 Å². The van der Waals surface area contributed by atoms with Crippen LogP contribution in [-0.2, 0) is 14.3 Å². The topological polar surface area (TPSA) is 83.8 Å². The van der Waals surface area contributed by atoms with Crippen molar-refractivity contribution in [1.82, 2.24) is 5.32 Å². The maximum Gasteiger partial charge on any atom is 0.244 e. The molecule has 2 amide bonds. The highest BCUT2D eigenvalue weighted by molar-refractivity contribution is 9.10. The fourth-order valence-electron chi connectivity index (χ4n) is 2.80. The van der Waals surface area contributed by atoms with Crippen LogP contribution in [0.4, 0.5) is 11.4 Å². The number of anilines is 2. The van der Waals surface area contributed by atoms with Crippen molar-refractivity contribution in [1.29, 1.82) is 0 Å². The minimum Gasteiger partial charge on any atom is -0.465 e. The van der Waals surface area contributed by atoms with Gasteiger partial charge in [0.1, 0.15) is 5.76 Å². The van der Waals surface area contributed by atoms with Crippen LogP contribution in [0, 0.1) is 0 Å². The van der Waals surface area contributed by atoms with Gasteiger partial charge in [-0.05, 0) is 36.4 Å². The molecule has 1 aliphatic rings. The van der Waals surface area contributed by atoms with Crippen molar-refractivity contribution in [3.05, 3.63) is 52.9 Å². The van der Waals surface area contributed by atoms with Gasteiger partial charge in [0.25, 0.3) is 0 Å². The third-order valence-electron chi connectivity index (χ3n) is 4.18. The highest BCUT2D eigenvalue weighted by Gasteiger charge is 2.16. The van der Waals surface area contributed by atoms with E-state index in [-0.39, 0.29) is 24.8 Å². The minimum absolute atomic E-state index is 0.164. The first kappa shape index (κ1) is 20.2. The monoisotopic (exact) mass is 447 g/mol. The molecule has 0 saturated carbocycles. The summed E-state index contributed by atoms with van der Waals surface area (Å²) in [7, 11) is 0. The molecule has 1 saturated heterocycles. The lowest BCUT2D eigenvalue weighted by Gasteiger charge is -2.30. The summed E-state index contributed by atoms with van der Waals surface area (Å²) >= 11 is 3.45. The molecule has 28 heavy (non-hydrogen) atoms. The van der Waals surface area contributed by atoms with Crippen molar-refractivity contribution in [2.75, 3.05) is 43.1 Å². The number of carbonyl (C=O) groups excluding carboxylic acids is 2. The Balaban J connectivity index is 1.50. The summed E-state index contributed by atoms with van der Waals surface area (Å²) in [6.45, 7) is 3.14. The molecule has 2 aromatic rings. The normalized spacial score (nSPS) is 14.2. The molecule has 0 atom stereocenters. The maximum atomic E-state index is 12.3. The Kier molecular flexibility index (Phi) is 7.27. The van der Waals surface area contributed by atoms with E-state index in [9.17, 15) is 9.59 Å². The van der Waals surface area contributed by atoms with Gasteiger partial charge in [-0.25, -0.2) is 0 Å². The van der Waals surface area contributed by atoms with Crippen LogP contribution in [0.3, 0.4) is 0 Å². The zero-order valence-electron chi connectivity index (χ0n) is 15.3. The van der Waals surface area contributed by atoms with E-state index in [1.807, 2.05) is 18.2 Å². The Morgan fingerprint density at radius 1 is 1.21 bits per heavy atom. The molecule has 0 bridgehead atoms. The predicted octanol–water partition coefficient (Wildman–Crippen LogP) is 3.04. The number of furan rings is 1. The quantitative estimate of drug-likeness (QED) is 0.637. The predicted molar refractivity (Wildman–Crippen MR) is 111 cm³/mol. The van der Waals surface area contributed by atoms with Crippen molar-refractivity contribution in [2.24, 2.45) is 0 Å². The van der Waals surface area contributed by atoms with Crippen LogP contribution < -0.4 is 15.5 Å². The summed E-state index contributed by atoms with van der Waals surface area (Å²) in [6.07, 6.45) is 4.66. The molecule has 1 aromatic heterocycles. The first-order valence-corrected chi connectivity index (χ1v) is 9.82. The van der Waals surface area contributed by atoms with Gasteiger partial charge in [-0.3, -0.25) is 9.59 Å². The summed E-state index contributed by atoms with van der Waals surface area (Å²) in [5, 5.41) is 5.63. The molecular formula is C20H22BrN3O4. The van der Waals surface area contributed by atoms with Gasteiger partial charge in [0.05, 0.1) is 30.9 Å². The second-order valence-electron chi connectivity index (χ2n) is 6.20. The molecule has 1 fully saturated rings. The van der Waals surface area contributed by atoms with Gasteiger partial charge in [0, 0.05) is 36.6 Å². The second kappa shape index (κ2) is 10.1. The first-order chi connectivity index (χ1) is 13.6. The van der Waals surface area contributed by atoms with E-state index in [4.69, 9.17) is 9.15 Å². The zero-order valence-corrected chi connectivity index (χ0v) is 16.9. The van der Waals surface area contributed by atoms with Crippen LogP contribution in [-0.4, -0.2) is 44.7 Å². The van der Waals surface area contributed by atoms with Crippen molar-refractivity contribution in [3.63, 3.8) is 0 Å². The molecule has 148 valence electrons. The number of ether oxygens (including phenoxy) is 1. The molecule has 1 aliphatic heterocycles. The van der Waals surface area contributed by atoms with Gasteiger partial charge in [-0.2, -0.15) is 0 Å². The molecule has 1 aromatic carbocycles. The third kappa shape index (κ3) is 5.97. The molecule has 8 heteroatoms. The Labute approximate surface area is 171 Å². The van der Waals surface area contributed by atoms with Crippen LogP contribution in [0.15, 0.2) is 51.6 Å². The van der Waals surface area contributed by atoms with Gasteiger partial charge in [-0.1, -0.05) is 15.9 Å². The lowest BCUT2D eigenvalue weighted by Crippen LogP contribution is -2.36. The van der Waals surface area contributed by atoms with Crippen LogP contribution in [0.25, 0.3) is 6.08 Å². The van der Waals surface area contributed by atoms with Gasteiger partial charge in [-0.15, -0.1) is 0 Å². The highest BCUT2D eigenvalue weighted by atomic mass is 79.9. The number of morpholine rings is 1. The number of nitrogens with zero attached hydrogens (tertiary/aromatic N) is 1. The van der Waals surface area contributed by atoms with E-state index in [1.54, 1.807) is 18.2 Å². The average Bonchev–Trinajstić information content (AvgIpc) is 3.21. The average molecular weight is 448 g/mol. The lowest BCUT2D eigenvalue weighted by molar-refractivity contribution is -0.117. The van der Waals surface area contributed by atoms with Gasteiger partial charge in [0.15, 0.2) is 0 Å². The summed E-state index contributed by atoms with van der Waals surface area (Å²) < 4.78 is 11.4. The largest absolute Gasteiger partial charge is 0.465 e. The lowest BCUT2D eigenvalue weighted by atomic mass is 10.2. The van der Waals surface area contributed by atoms with E-state index in [0.29, 0.717) is 19.0 Å². The first-order valence-electron chi connectivity index (χ1n) is 9.03. The smallest absolute Gasteiger partial charge is 0.244 e. The number of halogens is 1. The van der Waals surface area contributed by atoms with Gasteiger partial charge < -0.3 is 24.7 Å². The fourth-order valence-corrected chi connectivity index (χ4v) is 3.16. The minimum atomic E-state index is -0.277. The zero-order chi connectivity index (χ0) is 19.8. The summed E-state index contributed by atoms with van der Waals surface area (Å²) in [5.41, 5.74) is 1.70. The number of hydrogen-bond donors (Lipinski definition) is 2. The highest BCUT2D eigenvalue weighted by Crippen LogP contribution is 2.30. The summed E-state index contributed by atoms with van der Waals surface area (Å²) in [4.78, 5) is 26.3. The van der Waals surface area contributed by atoms with Gasteiger partial charge in [0.2, 0.25) is 11.8 Å². The van der Waals surface area contributed by atoms with E-state index in [1.165, 1.54) is 12.3 Å². The number of carbonyl (C=O) groups is 2. The van der Waals surface area contributed by atoms with Crippen molar-refractivity contribution < 1.29 is 18.7 Å². The second-order valence-corrected chi connectivity index (χ2v) is 7.11. The van der Waals surface area contributed by atoms with Crippen molar-refractivity contribution in [2.45, 2.75) is 6.42 Å². The van der Waals surface area contributed by atoms with Crippen molar-refractivity contribution >= 4 is 45.2 Å². The van der Waals surface area contributed by atoms with Crippen LogP contribution in [0.5, 0.6) is 0 Å². The summed E-state index contributed by atoms with van der Waals surface area (Å²) in [6, 6.07) is 9.31. The number of rotatable bonds is 7. The van der Waals surface area contributed by atoms with E-state index in [0.717, 1.165) is 28.9 Å². The molecule has 2 N–H and O–H groups in total. The third-order valence-corrected chi connectivity index (χ3v) is 4.67. The number of nitrogens with one attached hydrogen (secondary N) is 2. The standard InChI is InChI=1S/C20H22BrN3O4/c21-15-3-5-18(24-9-12-27-13-10-24)17(14-15)23-20(26)7-8-22-19(25)6-4-16-2-1-11-28-16/h1-6,11,14H,7-10,12-13H2,(H,22,25)(H,23,26)/b6-4+. The Morgan fingerprint density at radius 2 is 2.04 bits per heavy atom. The Morgan fingerprint density at radius 3 is 2.79 bits per heavy atom. The molecule has 2 heterocycles. The fraction of sp³-hybridized carbons (Fsp3) is 0.300. The van der Waals surface area contributed by atoms with Crippen LogP contribution >= 0.6 is 15.9 Å². The molecule has 7 nitrogen and oxygen atoms in total. The number of hydrogen-bond acceptors (Lipinski definition) is 5. The molecule has 3 rings (SSSR count). The SMILES string of the molecule is O=C(/C=C/c1ccco1)NCCC(=O)Nc1cc(Br)ccc1N1CCOCC1. The van der Waals surface area contributed by atoms with E-state index < -0.39 is 0 Å².